The monoisotopic (exact) mass is 480 g/mol. The van der Waals surface area contributed by atoms with Gasteiger partial charge in [0.25, 0.3) is 0 Å². The summed E-state index contributed by atoms with van der Waals surface area (Å²) in [5, 5.41) is 14.0. The molecular formula is C22H27F3N6O3. The van der Waals surface area contributed by atoms with Crippen molar-refractivity contribution >= 4 is 23.5 Å². The summed E-state index contributed by atoms with van der Waals surface area (Å²) >= 11 is 0. The number of carbonyl (C=O) groups is 2. The van der Waals surface area contributed by atoms with E-state index in [0.29, 0.717) is 38.9 Å². The first-order valence-electron chi connectivity index (χ1n) is 11.0. The molecule has 2 aliphatic heterocycles. The summed E-state index contributed by atoms with van der Waals surface area (Å²) in [4.78, 5) is 33.2. The van der Waals surface area contributed by atoms with E-state index in [9.17, 15) is 22.8 Å². The predicted molar refractivity (Wildman–Crippen MR) is 118 cm³/mol. The lowest BCUT2D eigenvalue weighted by molar-refractivity contribution is -0.140. The highest BCUT2D eigenvalue weighted by atomic mass is 19.4. The summed E-state index contributed by atoms with van der Waals surface area (Å²) < 4.78 is 44.7. The van der Waals surface area contributed by atoms with Gasteiger partial charge in [-0.1, -0.05) is 0 Å². The van der Waals surface area contributed by atoms with E-state index in [2.05, 4.69) is 15.6 Å². The van der Waals surface area contributed by atoms with E-state index in [0.717, 1.165) is 25.0 Å². The number of methoxy groups -OCH3 is 1. The Bertz CT molecular complexity index is 970. The van der Waals surface area contributed by atoms with Crippen LogP contribution in [0.5, 0.6) is 5.75 Å². The minimum absolute atomic E-state index is 0.0182. The molecule has 0 saturated carbocycles. The molecule has 0 unspecified atom stereocenters. The number of nitriles is 1. The van der Waals surface area contributed by atoms with Crippen LogP contribution in [0.4, 0.5) is 18.9 Å². The predicted octanol–water partition coefficient (Wildman–Crippen LogP) is 2.56. The van der Waals surface area contributed by atoms with E-state index < -0.39 is 17.8 Å². The number of nitrogens with one attached hydrogen (secondary N) is 2. The Hall–Kier alpha value is -3.49. The average molecular weight is 480 g/mol. The number of guanidine groups is 1. The number of hydrogen-bond donors (Lipinski definition) is 2. The highest BCUT2D eigenvalue weighted by Gasteiger charge is 2.32. The first kappa shape index (κ1) is 25.1. The SMILES string of the molecule is COc1cc(NC(=N[C@H]2CCCCN(CC(=O)N3CCCC3)C2=O)NC#N)cc(C(F)(F)F)c1. The Morgan fingerprint density at radius 2 is 1.91 bits per heavy atom. The van der Waals surface area contributed by atoms with E-state index in [-0.39, 0.29) is 35.8 Å². The number of hydrogen-bond acceptors (Lipinski definition) is 5. The maximum atomic E-state index is 13.2. The van der Waals surface area contributed by atoms with Gasteiger partial charge in [-0.05, 0) is 44.2 Å². The van der Waals surface area contributed by atoms with Gasteiger partial charge in [0.1, 0.15) is 11.8 Å². The summed E-state index contributed by atoms with van der Waals surface area (Å²) in [5.74, 6) is -0.675. The molecule has 0 aliphatic carbocycles. The highest BCUT2D eigenvalue weighted by Crippen LogP contribution is 2.34. The first-order valence-corrected chi connectivity index (χ1v) is 11.0. The van der Waals surface area contributed by atoms with Crippen molar-refractivity contribution in [1.29, 1.82) is 5.26 Å². The second-order valence-corrected chi connectivity index (χ2v) is 8.15. The third-order valence-electron chi connectivity index (χ3n) is 5.73. The lowest BCUT2D eigenvalue weighted by Gasteiger charge is -2.25. The van der Waals surface area contributed by atoms with Crippen molar-refractivity contribution in [2.24, 2.45) is 4.99 Å². The second-order valence-electron chi connectivity index (χ2n) is 8.15. The van der Waals surface area contributed by atoms with Crippen molar-refractivity contribution in [3.63, 3.8) is 0 Å². The Kier molecular flexibility index (Phi) is 8.20. The minimum atomic E-state index is -4.61. The van der Waals surface area contributed by atoms with E-state index in [1.54, 1.807) is 11.1 Å². The molecule has 1 aromatic rings. The zero-order valence-corrected chi connectivity index (χ0v) is 18.8. The normalized spacial score (nSPS) is 19.4. The molecule has 2 N–H and O–H groups in total. The van der Waals surface area contributed by atoms with Crippen LogP contribution in [0.25, 0.3) is 0 Å². The van der Waals surface area contributed by atoms with Crippen LogP contribution in [0.1, 0.15) is 37.7 Å². The number of nitrogens with zero attached hydrogens (tertiary/aromatic N) is 4. The fraction of sp³-hybridized carbons (Fsp3) is 0.545. The van der Waals surface area contributed by atoms with Gasteiger partial charge in [-0.3, -0.25) is 14.9 Å². The van der Waals surface area contributed by atoms with Crippen molar-refractivity contribution in [3.05, 3.63) is 23.8 Å². The third-order valence-corrected chi connectivity index (χ3v) is 5.73. The Morgan fingerprint density at radius 1 is 1.21 bits per heavy atom. The summed E-state index contributed by atoms with van der Waals surface area (Å²) in [7, 11) is 1.24. The number of aliphatic imine (C=N–C) groups is 1. The van der Waals surface area contributed by atoms with Gasteiger partial charge >= 0.3 is 6.18 Å². The molecule has 0 bridgehead atoms. The van der Waals surface area contributed by atoms with Crippen LogP contribution in [0.2, 0.25) is 0 Å². The van der Waals surface area contributed by atoms with E-state index >= 15 is 0 Å². The molecule has 2 saturated heterocycles. The molecule has 2 aliphatic rings. The standard InChI is InChI=1S/C22H27F3N6O3/c1-34-17-11-15(22(23,24)25)10-16(12-17)28-21(27-14-26)29-18-6-2-3-9-31(20(18)33)13-19(32)30-7-4-5-8-30/h10-12,18H,2-9,13H2,1H3,(H2,27,28,29)/t18-/m0/s1. The number of anilines is 1. The molecule has 34 heavy (non-hydrogen) atoms. The molecule has 0 spiro atoms. The topological polar surface area (TPSA) is 110 Å². The molecular weight excluding hydrogens is 453 g/mol. The number of amides is 2. The minimum Gasteiger partial charge on any atom is -0.497 e. The fourth-order valence-electron chi connectivity index (χ4n) is 3.99. The number of carbonyl (C=O) groups excluding carboxylic acids is 2. The van der Waals surface area contributed by atoms with Gasteiger partial charge in [0.2, 0.25) is 17.8 Å². The van der Waals surface area contributed by atoms with Gasteiger partial charge in [-0.2, -0.15) is 18.4 Å². The number of alkyl halides is 3. The quantitative estimate of drug-likeness (QED) is 0.290. The van der Waals surface area contributed by atoms with Crippen LogP contribution in [0.3, 0.4) is 0 Å². The average Bonchev–Trinajstić information content (AvgIpc) is 3.28. The molecule has 3 rings (SSSR count). The Morgan fingerprint density at radius 3 is 2.56 bits per heavy atom. The van der Waals surface area contributed by atoms with Gasteiger partial charge in [0.15, 0.2) is 6.19 Å². The fourth-order valence-corrected chi connectivity index (χ4v) is 3.99. The van der Waals surface area contributed by atoms with Gasteiger partial charge in [0, 0.05) is 31.4 Å². The van der Waals surface area contributed by atoms with Gasteiger partial charge in [-0.25, -0.2) is 4.99 Å². The van der Waals surface area contributed by atoms with Crippen LogP contribution in [0.15, 0.2) is 23.2 Å². The van der Waals surface area contributed by atoms with Crippen LogP contribution in [0, 0.1) is 11.5 Å². The van der Waals surface area contributed by atoms with Gasteiger partial charge in [-0.15, -0.1) is 0 Å². The van der Waals surface area contributed by atoms with Gasteiger partial charge in [0.05, 0.1) is 19.2 Å². The molecule has 0 aromatic heterocycles. The van der Waals surface area contributed by atoms with E-state index in [1.165, 1.54) is 18.1 Å². The molecule has 2 heterocycles. The van der Waals surface area contributed by atoms with Crippen LogP contribution in [-0.2, 0) is 15.8 Å². The Balaban J connectivity index is 1.80. The van der Waals surface area contributed by atoms with Crippen molar-refractivity contribution < 1.29 is 27.5 Å². The molecule has 1 aromatic carbocycles. The molecule has 1 atom stereocenters. The number of halogens is 3. The second kappa shape index (κ2) is 11.1. The number of rotatable bonds is 5. The smallest absolute Gasteiger partial charge is 0.416 e. The lowest BCUT2D eigenvalue weighted by atomic mass is 10.1. The Labute approximate surface area is 195 Å². The van der Waals surface area contributed by atoms with E-state index in [1.807, 2.05) is 0 Å². The summed E-state index contributed by atoms with van der Waals surface area (Å²) in [6.07, 6.45) is 0.723. The van der Waals surface area contributed by atoms with Crippen molar-refractivity contribution in [1.82, 2.24) is 15.1 Å². The van der Waals surface area contributed by atoms with Crippen LogP contribution >= 0.6 is 0 Å². The summed E-state index contributed by atoms with van der Waals surface area (Å²) in [6, 6.07) is 2.14. The summed E-state index contributed by atoms with van der Waals surface area (Å²) in [5.41, 5.74) is -0.960. The largest absolute Gasteiger partial charge is 0.497 e. The molecule has 2 fully saturated rings. The van der Waals surface area contributed by atoms with Crippen LogP contribution in [-0.4, -0.2) is 66.9 Å². The zero-order valence-electron chi connectivity index (χ0n) is 18.8. The highest BCUT2D eigenvalue weighted by molar-refractivity contribution is 5.97. The van der Waals surface area contributed by atoms with Crippen molar-refractivity contribution in [2.45, 2.75) is 44.3 Å². The summed E-state index contributed by atoms with van der Waals surface area (Å²) in [6.45, 7) is 1.75. The molecule has 184 valence electrons. The maximum Gasteiger partial charge on any atom is 0.416 e. The van der Waals surface area contributed by atoms with Gasteiger partial charge < -0.3 is 19.9 Å². The number of likely N-dealkylation sites (tertiary alicyclic amines) is 2. The van der Waals surface area contributed by atoms with Crippen LogP contribution < -0.4 is 15.4 Å². The number of ether oxygens (including phenoxy) is 1. The molecule has 9 nitrogen and oxygen atoms in total. The first-order chi connectivity index (χ1) is 16.2. The molecule has 0 radical (unpaired) electrons. The maximum absolute atomic E-state index is 13.2. The van der Waals surface area contributed by atoms with E-state index in [4.69, 9.17) is 10.00 Å². The molecule has 12 heteroatoms. The number of benzene rings is 1. The van der Waals surface area contributed by atoms with Crippen molar-refractivity contribution in [2.75, 3.05) is 38.6 Å². The third kappa shape index (κ3) is 6.52. The zero-order chi connectivity index (χ0) is 24.7. The van der Waals surface area contributed by atoms with Crippen molar-refractivity contribution in [3.8, 4) is 11.9 Å². The molecule has 2 amide bonds. The lowest BCUT2D eigenvalue weighted by Crippen LogP contribution is -2.45.